The van der Waals surface area contributed by atoms with Gasteiger partial charge in [0, 0.05) is 11.8 Å². The Hall–Kier alpha value is -0.710. The minimum Gasteiger partial charge on any atom is -0.479 e. The van der Waals surface area contributed by atoms with E-state index in [4.69, 9.17) is 0 Å². The zero-order valence-electron chi connectivity index (χ0n) is 12.4. The number of rotatable bonds is 4. The molecular formula is C14H25NO3S. The fourth-order valence-electron chi connectivity index (χ4n) is 2.44. The molecule has 1 fully saturated rings. The predicted octanol–water partition coefficient (Wildman–Crippen LogP) is 2.76. The number of nitrogens with zero attached hydrogens (tertiary/aromatic N) is 1. The van der Waals surface area contributed by atoms with Crippen molar-refractivity contribution in [3.63, 3.8) is 0 Å². The average molecular weight is 287 g/mol. The number of aliphatic carboxylic acids is 1. The molecule has 4 nitrogen and oxygen atoms in total. The molecule has 1 aliphatic rings. The lowest BCUT2D eigenvalue weighted by molar-refractivity contribution is -0.159. The van der Waals surface area contributed by atoms with Gasteiger partial charge in [0.05, 0.1) is 5.75 Å². The Balaban J connectivity index is 2.74. The van der Waals surface area contributed by atoms with E-state index in [-0.39, 0.29) is 10.7 Å². The number of carbonyl (C=O) groups is 2. The number of carbonyl (C=O) groups excluding carboxylic acids is 1. The average Bonchev–Trinajstić information content (AvgIpc) is 2.34. The van der Waals surface area contributed by atoms with Gasteiger partial charge in [0.15, 0.2) is 0 Å². The highest BCUT2D eigenvalue weighted by Gasteiger charge is 2.45. The van der Waals surface area contributed by atoms with Crippen LogP contribution in [-0.4, -0.2) is 45.0 Å². The maximum atomic E-state index is 12.2. The van der Waals surface area contributed by atoms with Crippen LogP contribution in [0.4, 0.5) is 0 Å². The maximum absolute atomic E-state index is 12.2. The molecule has 0 heterocycles. The molecule has 0 bridgehead atoms. The molecule has 110 valence electrons. The molecule has 1 N–H and O–H groups in total. The molecular weight excluding hydrogens is 262 g/mol. The molecule has 0 aliphatic heterocycles. The Morgan fingerprint density at radius 1 is 1.21 bits per heavy atom. The number of hydrogen-bond acceptors (Lipinski definition) is 3. The van der Waals surface area contributed by atoms with E-state index in [1.807, 2.05) is 0 Å². The van der Waals surface area contributed by atoms with Crippen molar-refractivity contribution < 1.29 is 14.7 Å². The number of hydrogen-bond donors (Lipinski definition) is 1. The summed E-state index contributed by atoms with van der Waals surface area (Å²) in [6.07, 6.45) is 3.98. The fourth-order valence-corrected chi connectivity index (χ4v) is 3.19. The SMILES string of the molecule is CN(C(=O)CSC(C)(C)C)C1(C(=O)O)CCCCC1. The van der Waals surface area contributed by atoms with Crippen molar-refractivity contribution in [1.29, 1.82) is 0 Å². The highest BCUT2D eigenvalue weighted by atomic mass is 32.2. The number of carboxylic acids is 1. The summed E-state index contributed by atoms with van der Waals surface area (Å²) in [7, 11) is 1.64. The van der Waals surface area contributed by atoms with E-state index in [1.165, 1.54) is 4.90 Å². The molecule has 0 spiro atoms. The van der Waals surface area contributed by atoms with Gasteiger partial charge in [0.2, 0.25) is 5.91 Å². The van der Waals surface area contributed by atoms with Crippen molar-refractivity contribution in [2.75, 3.05) is 12.8 Å². The van der Waals surface area contributed by atoms with Gasteiger partial charge in [-0.05, 0) is 12.8 Å². The summed E-state index contributed by atoms with van der Waals surface area (Å²) in [5.41, 5.74) is -0.978. The van der Waals surface area contributed by atoms with Crippen LogP contribution in [0.3, 0.4) is 0 Å². The first kappa shape index (κ1) is 16.3. The highest BCUT2D eigenvalue weighted by molar-refractivity contribution is 8.01. The molecule has 5 heteroatoms. The van der Waals surface area contributed by atoms with Crippen molar-refractivity contribution in [2.24, 2.45) is 0 Å². The third-order valence-corrected chi connectivity index (χ3v) is 4.98. The van der Waals surface area contributed by atoms with Crippen LogP contribution in [0.5, 0.6) is 0 Å². The topological polar surface area (TPSA) is 57.6 Å². The van der Waals surface area contributed by atoms with Gasteiger partial charge in [-0.3, -0.25) is 4.79 Å². The summed E-state index contributed by atoms with van der Waals surface area (Å²) in [5, 5.41) is 9.54. The normalized spacial score (nSPS) is 18.9. The van der Waals surface area contributed by atoms with Gasteiger partial charge < -0.3 is 10.0 Å². The second-order valence-corrected chi connectivity index (χ2v) is 8.05. The van der Waals surface area contributed by atoms with E-state index in [2.05, 4.69) is 20.8 Å². The lowest BCUT2D eigenvalue weighted by atomic mass is 9.80. The molecule has 1 amide bonds. The van der Waals surface area contributed by atoms with Crippen LogP contribution in [0.1, 0.15) is 52.9 Å². The molecule has 0 aromatic carbocycles. The van der Waals surface area contributed by atoms with E-state index in [0.29, 0.717) is 18.6 Å². The van der Waals surface area contributed by atoms with Crippen molar-refractivity contribution in [3.05, 3.63) is 0 Å². The molecule has 1 saturated carbocycles. The lowest BCUT2D eigenvalue weighted by Gasteiger charge is -2.41. The van der Waals surface area contributed by atoms with E-state index in [9.17, 15) is 14.7 Å². The van der Waals surface area contributed by atoms with Gasteiger partial charge >= 0.3 is 5.97 Å². The number of amides is 1. The van der Waals surface area contributed by atoms with Gasteiger partial charge in [0.1, 0.15) is 5.54 Å². The zero-order chi connectivity index (χ0) is 14.7. The van der Waals surface area contributed by atoms with Crippen molar-refractivity contribution in [3.8, 4) is 0 Å². The van der Waals surface area contributed by atoms with Crippen LogP contribution < -0.4 is 0 Å². The quantitative estimate of drug-likeness (QED) is 0.864. The van der Waals surface area contributed by atoms with Crippen molar-refractivity contribution in [1.82, 2.24) is 4.90 Å². The third kappa shape index (κ3) is 4.13. The standard InChI is InChI=1S/C14H25NO3S/c1-13(2,3)19-10-11(16)15(4)14(12(17)18)8-6-5-7-9-14/h5-10H2,1-4H3,(H,17,18). The summed E-state index contributed by atoms with van der Waals surface area (Å²) < 4.78 is 0.0133. The van der Waals surface area contributed by atoms with Crippen LogP contribution in [0.15, 0.2) is 0 Å². The number of thioether (sulfide) groups is 1. The molecule has 0 radical (unpaired) electrons. The van der Waals surface area contributed by atoms with Crippen molar-refractivity contribution >= 4 is 23.6 Å². The first-order valence-corrected chi connectivity index (χ1v) is 7.82. The fraction of sp³-hybridized carbons (Fsp3) is 0.857. The van der Waals surface area contributed by atoms with E-state index in [1.54, 1.807) is 18.8 Å². The summed E-state index contributed by atoms with van der Waals surface area (Å²) in [5.74, 6) is -0.595. The molecule has 19 heavy (non-hydrogen) atoms. The van der Waals surface area contributed by atoms with E-state index < -0.39 is 11.5 Å². The van der Waals surface area contributed by atoms with Crippen molar-refractivity contribution in [2.45, 2.75) is 63.2 Å². The highest BCUT2D eigenvalue weighted by Crippen LogP contribution is 2.34. The lowest BCUT2D eigenvalue weighted by Crippen LogP contribution is -2.56. The molecule has 0 aromatic rings. The van der Waals surface area contributed by atoms with Crippen LogP contribution in [0, 0.1) is 0 Å². The summed E-state index contributed by atoms with van der Waals surface area (Å²) in [6, 6.07) is 0. The number of likely N-dealkylation sites (N-methyl/N-ethyl adjacent to an activating group) is 1. The molecule has 0 saturated heterocycles. The van der Waals surface area contributed by atoms with Gasteiger partial charge in [-0.2, -0.15) is 0 Å². The summed E-state index contributed by atoms with van der Waals surface area (Å²) in [6.45, 7) is 6.16. The van der Waals surface area contributed by atoms with Crippen LogP contribution in [-0.2, 0) is 9.59 Å². The molecule has 1 aliphatic carbocycles. The minimum absolute atomic E-state index is 0.0133. The molecule has 0 aromatic heterocycles. The molecule has 0 unspecified atom stereocenters. The van der Waals surface area contributed by atoms with Crippen LogP contribution in [0.2, 0.25) is 0 Å². The zero-order valence-corrected chi connectivity index (χ0v) is 13.2. The van der Waals surface area contributed by atoms with E-state index in [0.717, 1.165) is 19.3 Å². The van der Waals surface area contributed by atoms with Crippen LogP contribution >= 0.6 is 11.8 Å². The first-order valence-electron chi connectivity index (χ1n) is 6.83. The Bertz CT molecular complexity index is 343. The number of carboxylic acid groups (broad SMARTS) is 1. The third-order valence-electron chi connectivity index (χ3n) is 3.72. The second-order valence-electron chi connectivity index (χ2n) is 6.25. The molecule has 0 atom stereocenters. The smallest absolute Gasteiger partial charge is 0.329 e. The van der Waals surface area contributed by atoms with Gasteiger partial charge in [0.25, 0.3) is 0 Å². The van der Waals surface area contributed by atoms with E-state index >= 15 is 0 Å². The van der Waals surface area contributed by atoms with Gasteiger partial charge in [-0.1, -0.05) is 40.0 Å². The minimum atomic E-state index is -0.978. The Morgan fingerprint density at radius 3 is 2.16 bits per heavy atom. The Kier molecular flexibility index (Phi) is 5.30. The largest absolute Gasteiger partial charge is 0.479 e. The Labute approximate surface area is 119 Å². The first-order chi connectivity index (χ1) is 8.69. The molecule has 1 rings (SSSR count). The second kappa shape index (κ2) is 6.16. The maximum Gasteiger partial charge on any atom is 0.329 e. The monoisotopic (exact) mass is 287 g/mol. The predicted molar refractivity (Wildman–Crippen MR) is 78.4 cm³/mol. The van der Waals surface area contributed by atoms with Gasteiger partial charge in [-0.15, -0.1) is 11.8 Å². The summed E-state index contributed by atoms with van der Waals surface area (Å²) in [4.78, 5) is 25.3. The van der Waals surface area contributed by atoms with Crippen LogP contribution in [0.25, 0.3) is 0 Å². The summed E-state index contributed by atoms with van der Waals surface area (Å²) >= 11 is 1.56. The van der Waals surface area contributed by atoms with Gasteiger partial charge in [-0.25, -0.2) is 4.79 Å². The Morgan fingerprint density at radius 2 is 1.74 bits per heavy atom.